The summed E-state index contributed by atoms with van der Waals surface area (Å²) in [6, 6.07) is 14.8. The Hall–Kier alpha value is -2.82. The maximum Gasteiger partial charge on any atom is 0.260 e. The number of anilines is 2. The molecule has 2 N–H and O–H groups in total. The minimum Gasteiger partial charge on any atom is -0.491 e. The van der Waals surface area contributed by atoms with Crippen LogP contribution in [0.5, 0.6) is 5.75 Å². The molecule has 2 aromatic carbocycles. The second-order valence-corrected chi connectivity index (χ2v) is 4.90. The zero-order chi connectivity index (χ0) is 15.4. The van der Waals surface area contributed by atoms with E-state index in [1.807, 2.05) is 42.5 Å². The van der Waals surface area contributed by atoms with Gasteiger partial charge < -0.3 is 10.1 Å². The minimum atomic E-state index is -0.167. The molecule has 0 spiro atoms. The Morgan fingerprint density at radius 1 is 1.14 bits per heavy atom. The predicted molar refractivity (Wildman–Crippen MR) is 87.9 cm³/mol. The molecule has 0 aliphatic carbocycles. The quantitative estimate of drug-likeness (QED) is 0.756. The number of nitrogens with one attached hydrogen (secondary N) is 2. The summed E-state index contributed by atoms with van der Waals surface area (Å²) in [5.41, 5.74) is 1.26. The van der Waals surface area contributed by atoms with Gasteiger partial charge in [-0.25, -0.2) is 4.98 Å². The van der Waals surface area contributed by atoms with Crippen LogP contribution < -0.4 is 15.6 Å². The van der Waals surface area contributed by atoms with Crippen LogP contribution in [0.25, 0.3) is 10.9 Å². The van der Waals surface area contributed by atoms with E-state index in [0.29, 0.717) is 23.5 Å². The number of para-hydroxylation sites is 3. The third-order valence-electron chi connectivity index (χ3n) is 3.21. The zero-order valence-corrected chi connectivity index (χ0v) is 12.3. The van der Waals surface area contributed by atoms with Gasteiger partial charge in [-0.2, -0.15) is 0 Å². The van der Waals surface area contributed by atoms with Gasteiger partial charge in [-0.05, 0) is 30.7 Å². The van der Waals surface area contributed by atoms with Crippen molar-refractivity contribution in [1.82, 2.24) is 9.97 Å². The first kappa shape index (κ1) is 14.1. The molecule has 0 radical (unpaired) electrons. The van der Waals surface area contributed by atoms with Crippen molar-refractivity contribution >= 4 is 22.5 Å². The van der Waals surface area contributed by atoms with Crippen LogP contribution in [0.3, 0.4) is 0 Å². The van der Waals surface area contributed by atoms with E-state index in [9.17, 15) is 4.79 Å². The van der Waals surface area contributed by atoms with Crippen molar-refractivity contribution in [3.05, 3.63) is 58.9 Å². The molecule has 22 heavy (non-hydrogen) atoms. The highest BCUT2D eigenvalue weighted by Gasteiger charge is 2.07. The molecule has 0 aliphatic heterocycles. The number of ether oxygens (including phenoxy) is 1. The molecular weight excluding hydrogens is 278 g/mol. The standard InChI is InChI=1S/C17H17N3O2/c1-2-11-22-15-10-6-5-9-14(15)19-17-18-13-8-4-3-7-12(13)16(21)20-17/h3-10H,2,11H2,1H3,(H2,18,19,20,21). The maximum absolute atomic E-state index is 12.1. The van der Waals surface area contributed by atoms with Crippen molar-refractivity contribution < 1.29 is 4.74 Å². The molecule has 3 aromatic rings. The average molecular weight is 295 g/mol. The highest BCUT2D eigenvalue weighted by atomic mass is 16.5. The summed E-state index contributed by atoms with van der Waals surface area (Å²) < 4.78 is 5.69. The predicted octanol–water partition coefficient (Wildman–Crippen LogP) is 3.46. The molecule has 0 aliphatic rings. The van der Waals surface area contributed by atoms with Gasteiger partial charge in [-0.3, -0.25) is 9.78 Å². The van der Waals surface area contributed by atoms with Gasteiger partial charge >= 0.3 is 0 Å². The molecule has 1 aromatic heterocycles. The normalized spacial score (nSPS) is 10.6. The van der Waals surface area contributed by atoms with Crippen LogP contribution in [-0.4, -0.2) is 16.6 Å². The summed E-state index contributed by atoms with van der Waals surface area (Å²) in [7, 11) is 0. The molecule has 3 rings (SSSR count). The van der Waals surface area contributed by atoms with Gasteiger partial charge in [0, 0.05) is 0 Å². The van der Waals surface area contributed by atoms with Crippen LogP contribution in [0.4, 0.5) is 11.6 Å². The monoisotopic (exact) mass is 295 g/mol. The largest absolute Gasteiger partial charge is 0.491 e. The van der Waals surface area contributed by atoms with E-state index in [-0.39, 0.29) is 5.56 Å². The van der Waals surface area contributed by atoms with Crippen molar-refractivity contribution in [1.29, 1.82) is 0 Å². The molecule has 0 saturated carbocycles. The fourth-order valence-corrected chi connectivity index (χ4v) is 2.18. The molecule has 0 unspecified atom stereocenters. The second kappa shape index (κ2) is 6.30. The summed E-state index contributed by atoms with van der Waals surface area (Å²) in [6.07, 6.45) is 0.930. The smallest absolute Gasteiger partial charge is 0.260 e. The Morgan fingerprint density at radius 2 is 1.91 bits per heavy atom. The van der Waals surface area contributed by atoms with E-state index in [2.05, 4.69) is 22.2 Å². The summed E-state index contributed by atoms with van der Waals surface area (Å²) in [5, 5.41) is 3.70. The summed E-state index contributed by atoms with van der Waals surface area (Å²) >= 11 is 0. The van der Waals surface area contributed by atoms with E-state index in [4.69, 9.17) is 4.74 Å². The number of benzene rings is 2. The zero-order valence-electron chi connectivity index (χ0n) is 12.3. The van der Waals surface area contributed by atoms with Crippen molar-refractivity contribution in [2.45, 2.75) is 13.3 Å². The van der Waals surface area contributed by atoms with Crippen LogP contribution in [0.15, 0.2) is 53.3 Å². The molecule has 0 atom stereocenters. The number of hydrogen-bond acceptors (Lipinski definition) is 4. The van der Waals surface area contributed by atoms with Crippen molar-refractivity contribution in [2.75, 3.05) is 11.9 Å². The average Bonchev–Trinajstić information content (AvgIpc) is 2.54. The number of nitrogens with zero attached hydrogens (tertiary/aromatic N) is 1. The Morgan fingerprint density at radius 3 is 2.77 bits per heavy atom. The van der Waals surface area contributed by atoms with Crippen molar-refractivity contribution in [2.24, 2.45) is 0 Å². The topological polar surface area (TPSA) is 67.0 Å². The van der Waals surface area contributed by atoms with Crippen LogP contribution in [-0.2, 0) is 0 Å². The summed E-state index contributed by atoms with van der Waals surface area (Å²) in [6.45, 7) is 2.69. The number of hydrogen-bond donors (Lipinski definition) is 2. The number of fused-ring (bicyclic) bond motifs is 1. The van der Waals surface area contributed by atoms with Crippen molar-refractivity contribution in [3.8, 4) is 5.75 Å². The van der Waals surface area contributed by atoms with E-state index in [1.54, 1.807) is 6.07 Å². The van der Waals surface area contributed by atoms with E-state index >= 15 is 0 Å². The number of aromatic nitrogens is 2. The van der Waals surface area contributed by atoms with Crippen LogP contribution in [0.1, 0.15) is 13.3 Å². The van der Waals surface area contributed by atoms with Crippen molar-refractivity contribution in [3.63, 3.8) is 0 Å². The molecule has 5 nitrogen and oxygen atoms in total. The minimum absolute atomic E-state index is 0.167. The first-order chi connectivity index (χ1) is 10.8. The van der Waals surface area contributed by atoms with Gasteiger partial charge in [-0.15, -0.1) is 0 Å². The lowest BCUT2D eigenvalue weighted by atomic mass is 10.2. The first-order valence-electron chi connectivity index (χ1n) is 7.26. The van der Waals surface area contributed by atoms with Gasteiger partial charge in [0.05, 0.1) is 23.2 Å². The molecule has 5 heteroatoms. The lowest BCUT2D eigenvalue weighted by molar-refractivity contribution is 0.319. The van der Waals surface area contributed by atoms with E-state index in [1.165, 1.54) is 0 Å². The Balaban J connectivity index is 1.95. The third kappa shape index (κ3) is 2.93. The Bertz CT molecular complexity index is 842. The summed E-state index contributed by atoms with van der Waals surface area (Å²) in [4.78, 5) is 19.3. The van der Waals surface area contributed by atoms with Crippen LogP contribution in [0, 0.1) is 0 Å². The molecule has 0 fully saturated rings. The fourth-order valence-electron chi connectivity index (χ4n) is 2.18. The van der Waals surface area contributed by atoms with Gasteiger partial charge in [0.15, 0.2) is 0 Å². The Kier molecular flexibility index (Phi) is 4.05. The van der Waals surface area contributed by atoms with Crippen LogP contribution >= 0.6 is 0 Å². The SMILES string of the molecule is CCCOc1ccccc1Nc1nc2ccccc2c(=O)[nH]1. The molecule has 0 amide bonds. The first-order valence-corrected chi connectivity index (χ1v) is 7.26. The Labute approximate surface area is 128 Å². The van der Waals surface area contributed by atoms with Crippen LogP contribution in [0.2, 0.25) is 0 Å². The molecule has 0 bridgehead atoms. The van der Waals surface area contributed by atoms with Gasteiger partial charge in [0.2, 0.25) is 5.95 Å². The highest BCUT2D eigenvalue weighted by molar-refractivity contribution is 5.79. The number of H-pyrrole nitrogens is 1. The summed E-state index contributed by atoms with van der Waals surface area (Å²) in [5.74, 6) is 1.14. The van der Waals surface area contributed by atoms with E-state index < -0.39 is 0 Å². The highest BCUT2D eigenvalue weighted by Crippen LogP contribution is 2.26. The van der Waals surface area contributed by atoms with Gasteiger partial charge in [0.1, 0.15) is 5.75 Å². The molecule has 1 heterocycles. The lowest BCUT2D eigenvalue weighted by Crippen LogP contribution is -2.11. The molecule has 0 saturated heterocycles. The van der Waals surface area contributed by atoms with E-state index in [0.717, 1.165) is 17.9 Å². The fraction of sp³-hybridized carbons (Fsp3) is 0.176. The molecule has 112 valence electrons. The van der Waals surface area contributed by atoms with Gasteiger partial charge in [0.25, 0.3) is 5.56 Å². The maximum atomic E-state index is 12.1. The second-order valence-electron chi connectivity index (χ2n) is 4.90. The number of rotatable bonds is 5. The van der Waals surface area contributed by atoms with Gasteiger partial charge in [-0.1, -0.05) is 31.2 Å². The lowest BCUT2D eigenvalue weighted by Gasteiger charge is -2.12. The molecular formula is C17H17N3O2. The third-order valence-corrected chi connectivity index (χ3v) is 3.21. The number of aromatic amines is 1.